The number of aliphatic carboxylic acids is 1. The SMILES string of the molecule is O=C(O)CCC(=O)NC(=O)NCCc1ccc(Cl)s1. The molecule has 0 fully saturated rings. The molecule has 0 aliphatic rings. The molecule has 104 valence electrons. The summed E-state index contributed by atoms with van der Waals surface area (Å²) in [5, 5.41) is 12.9. The van der Waals surface area contributed by atoms with Gasteiger partial charge in [0.1, 0.15) is 0 Å². The van der Waals surface area contributed by atoms with Crippen molar-refractivity contribution in [2.45, 2.75) is 19.3 Å². The lowest BCUT2D eigenvalue weighted by Gasteiger charge is -2.05. The van der Waals surface area contributed by atoms with E-state index in [0.717, 1.165) is 4.88 Å². The molecule has 0 aliphatic carbocycles. The van der Waals surface area contributed by atoms with E-state index in [9.17, 15) is 14.4 Å². The second-order valence-corrected chi connectivity index (χ2v) is 5.45. The van der Waals surface area contributed by atoms with E-state index < -0.39 is 17.9 Å². The van der Waals surface area contributed by atoms with Gasteiger partial charge < -0.3 is 10.4 Å². The maximum Gasteiger partial charge on any atom is 0.321 e. The lowest BCUT2D eigenvalue weighted by Crippen LogP contribution is -2.40. The lowest BCUT2D eigenvalue weighted by molar-refractivity contribution is -0.138. The Morgan fingerprint density at radius 1 is 1.26 bits per heavy atom. The molecule has 1 aromatic heterocycles. The number of rotatable bonds is 6. The Labute approximate surface area is 118 Å². The highest BCUT2D eigenvalue weighted by atomic mass is 35.5. The molecular weight excluding hydrogens is 292 g/mol. The monoisotopic (exact) mass is 304 g/mol. The number of carboxylic acids is 1. The molecule has 1 rings (SSSR count). The Bertz CT molecular complexity index is 475. The van der Waals surface area contributed by atoms with Crippen LogP contribution in [0.15, 0.2) is 12.1 Å². The third-order valence-corrected chi connectivity index (χ3v) is 3.40. The van der Waals surface area contributed by atoms with E-state index in [1.165, 1.54) is 11.3 Å². The number of amides is 3. The first-order valence-corrected chi connectivity index (χ1v) is 6.70. The Hall–Kier alpha value is -1.60. The predicted molar refractivity (Wildman–Crippen MR) is 71.4 cm³/mol. The van der Waals surface area contributed by atoms with Gasteiger partial charge in [0, 0.05) is 17.8 Å². The first-order chi connectivity index (χ1) is 8.97. The standard InChI is InChI=1S/C11H13ClN2O4S/c12-8-2-1-7(19-8)5-6-13-11(18)14-9(15)3-4-10(16)17/h1-2H,3-6H2,(H,16,17)(H2,13,14,15,18). The number of hydrogen-bond donors (Lipinski definition) is 3. The normalized spacial score (nSPS) is 9.95. The molecule has 0 unspecified atom stereocenters. The summed E-state index contributed by atoms with van der Waals surface area (Å²) in [6, 6.07) is 3.01. The maximum atomic E-state index is 11.3. The van der Waals surface area contributed by atoms with Gasteiger partial charge in [-0.25, -0.2) is 4.79 Å². The summed E-state index contributed by atoms with van der Waals surface area (Å²) in [5.41, 5.74) is 0. The predicted octanol–water partition coefficient (Wildman–Crippen LogP) is 1.63. The first kappa shape index (κ1) is 15.5. The van der Waals surface area contributed by atoms with Gasteiger partial charge in [-0.3, -0.25) is 14.9 Å². The van der Waals surface area contributed by atoms with Crippen molar-refractivity contribution in [2.75, 3.05) is 6.54 Å². The van der Waals surface area contributed by atoms with Crippen molar-refractivity contribution in [3.05, 3.63) is 21.3 Å². The summed E-state index contributed by atoms with van der Waals surface area (Å²) in [7, 11) is 0. The molecule has 0 saturated carbocycles. The van der Waals surface area contributed by atoms with E-state index in [-0.39, 0.29) is 12.8 Å². The minimum absolute atomic E-state index is 0.219. The van der Waals surface area contributed by atoms with E-state index in [1.54, 1.807) is 6.07 Å². The van der Waals surface area contributed by atoms with Gasteiger partial charge in [0.15, 0.2) is 0 Å². The number of imide groups is 1. The summed E-state index contributed by atoms with van der Waals surface area (Å²) in [4.78, 5) is 33.7. The van der Waals surface area contributed by atoms with Gasteiger partial charge in [-0.15, -0.1) is 11.3 Å². The van der Waals surface area contributed by atoms with Crippen LogP contribution in [0.4, 0.5) is 4.79 Å². The number of halogens is 1. The smallest absolute Gasteiger partial charge is 0.321 e. The van der Waals surface area contributed by atoms with Crippen LogP contribution in [0.3, 0.4) is 0 Å². The minimum Gasteiger partial charge on any atom is -0.481 e. The maximum absolute atomic E-state index is 11.3. The van der Waals surface area contributed by atoms with Gasteiger partial charge in [-0.2, -0.15) is 0 Å². The van der Waals surface area contributed by atoms with Crippen molar-refractivity contribution >= 4 is 40.8 Å². The molecule has 1 heterocycles. The molecule has 19 heavy (non-hydrogen) atoms. The molecule has 8 heteroatoms. The summed E-state index contributed by atoms with van der Waals surface area (Å²) in [6.45, 7) is 0.370. The number of carboxylic acid groups (broad SMARTS) is 1. The number of urea groups is 1. The molecule has 1 aromatic rings. The van der Waals surface area contributed by atoms with Gasteiger partial charge >= 0.3 is 12.0 Å². The molecule has 3 amide bonds. The zero-order valence-electron chi connectivity index (χ0n) is 9.94. The van der Waals surface area contributed by atoms with Gasteiger partial charge in [0.05, 0.1) is 10.8 Å². The van der Waals surface area contributed by atoms with Crippen molar-refractivity contribution in [3.8, 4) is 0 Å². The number of carbonyl (C=O) groups excluding carboxylic acids is 2. The fourth-order valence-electron chi connectivity index (χ4n) is 1.24. The molecule has 0 aliphatic heterocycles. The quantitative estimate of drug-likeness (QED) is 0.744. The summed E-state index contributed by atoms with van der Waals surface area (Å²) in [6.07, 6.45) is 0.101. The van der Waals surface area contributed by atoms with E-state index >= 15 is 0 Å². The lowest BCUT2D eigenvalue weighted by atomic mass is 10.3. The van der Waals surface area contributed by atoms with Crippen LogP contribution in [-0.4, -0.2) is 29.6 Å². The molecule has 6 nitrogen and oxygen atoms in total. The average Bonchev–Trinajstić information content (AvgIpc) is 2.72. The number of hydrogen-bond acceptors (Lipinski definition) is 4. The van der Waals surface area contributed by atoms with Gasteiger partial charge in [-0.05, 0) is 18.6 Å². The first-order valence-electron chi connectivity index (χ1n) is 5.51. The minimum atomic E-state index is -1.08. The Kier molecular flexibility index (Phi) is 6.31. The zero-order valence-corrected chi connectivity index (χ0v) is 11.5. The fraction of sp³-hybridized carbons (Fsp3) is 0.364. The highest BCUT2D eigenvalue weighted by molar-refractivity contribution is 7.16. The third-order valence-electron chi connectivity index (χ3n) is 2.10. The van der Waals surface area contributed by atoms with Gasteiger partial charge in [0.25, 0.3) is 0 Å². The Balaban J connectivity index is 2.17. The summed E-state index contributed by atoms with van der Waals surface area (Å²) < 4.78 is 0.684. The number of thiophene rings is 1. The largest absolute Gasteiger partial charge is 0.481 e. The van der Waals surface area contributed by atoms with E-state index in [2.05, 4.69) is 10.6 Å². The molecule has 0 bridgehead atoms. The third kappa shape index (κ3) is 6.78. The van der Waals surface area contributed by atoms with E-state index in [0.29, 0.717) is 17.3 Å². The molecule has 0 spiro atoms. The molecular formula is C11H13ClN2O4S. The highest BCUT2D eigenvalue weighted by Gasteiger charge is 2.09. The van der Waals surface area contributed by atoms with Gasteiger partial charge in [-0.1, -0.05) is 11.6 Å². The van der Waals surface area contributed by atoms with Crippen LogP contribution in [0.2, 0.25) is 4.34 Å². The number of nitrogens with one attached hydrogen (secondary N) is 2. The highest BCUT2D eigenvalue weighted by Crippen LogP contribution is 2.21. The fourth-order valence-corrected chi connectivity index (χ4v) is 2.33. The van der Waals surface area contributed by atoms with E-state index in [1.807, 2.05) is 6.07 Å². The average molecular weight is 305 g/mol. The van der Waals surface area contributed by atoms with Crippen LogP contribution >= 0.6 is 22.9 Å². The van der Waals surface area contributed by atoms with Crippen LogP contribution in [0.5, 0.6) is 0 Å². The number of carbonyl (C=O) groups is 3. The molecule has 0 saturated heterocycles. The van der Waals surface area contributed by atoms with Crippen LogP contribution in [0, 0.1) is 0 Å². The van der Waals surface area contributed by atoms with Crippen LogP contribution in [-0.2, 0) is 16.0 Å². The Morgan fingerprint density at radius 3 is 2.58 bits per heavy atom. The van der Waals surface area contributed by atoms with Gasteiger partial charge in [0.2, 0.25) is 5.91 Å². The summed E-state index contributed by atoms with van der Waals surface area (Å²) in [5.74, 6) is -1.69. The van der Waals surface area contributed by atoms with Crippen LogP contribution in [0.25, 0.3) is 0 Å². The van der Waals surface area contributed by atoms with Crippen LogP contribution < -0.4 is 10.6 Å². The topological polar surface area (TPSA) is 95.5 Å². The molecule has 0 aromatic carbocycles. The van der Waals surface area contributed by atoms with Crippen molar-refractivity contribution in [1.29, 1.82) is 0 Å². The second-order valence-electron chi connectivity index (χ2n) is 3.65. The van der Waals surface area contributed by atoms with Crippen molar-refractivity contribution in [2.24, 2.45) is 0 Å². The van der Waals surface area contributed by atoms with Crippen molar-refractivity contribution in [1.82, 2.24) is 10.6 Å². The van der Waals surface area contributed by atoms with E-state index in [4.69, 9.17) is 16.7 Å². The molecule has 3 N–H and O–H groups in total. The van der Waals surface area contributed by atoms with Crippen LogP contribution in [0.1, 0.15) is 17.7 Å². The molecule has 0 radical (unpaired) electrons. The van der Waals surface area contributed by atoms with Crippen molar-refractivity contribution < 1.29 is 19.5 Å². The second kappa shape index (κ2) is 7.75. The van der Waals surface area contributed by atoms with Crippen molar-refractivity contribution in [3.63, 3.8) is 0 Å². The molecule has 0 atom stereocenters. The summed E-state index contributed by atoms with van der Waals surface area (Å²) >= 11 is 7.18. The zero-order chi connectivity index (χ0) is 14.3. The Morgan fingerprint density at radius 2 is 2.00 bits per heavy atom.